The molecule has 6 nitrogen and oxygen atoms in total. The number of hydrogen-bond donors (Lipinski definition) is 2. The fourth-order valence-electron chi connectivity index (χ4n) is 3.94. The van der Waals surface area contributed by atoms with Gasteiger partial charge in [0.2, 0.25) is 0 Å². The van der Waals surface area contributed by atoms with Crippen LogP contribution in [0.1, 0.15) is 27.9 Å². The molecule has 156 valence electrons. The lowest BCUT2D eigenvalue weighted by Gasteiger charge is -2.20. The van der Waals surface area contributed by atoms with Gasteiger partial charge in [-0.15, -0.1) is 0 Å². The van der Waals surface area contributed by atoms with Crippen molar-refractivity contribution in [1.29, 1.82) is 0 Å². The standard InChI is InChI=1S/C23H25BrN4O2/c1-27(2)18-9-10-28(14-18)13-15-3-6-17(7-4-15)25-12-21-20-11-16(24)5-8-19(20)22(29)26-23(21)30/h3-8,11-12,18,25H,9-10,13-14H2,1-2H3,(H,26,29,30)/b21-12-. The second-order valence-corrected chi connectivity index (χ2v) is 8.93. The van der Waals surface area contributed by atoms with E-state index in [1.165, 1.54) is 12.0 Å². The molecule has 2 N–H and O–H groups in total. The van der Waals surface area contributed by atoms with Crippen molar-refractivity contribution in [3.05, 3.63) is 69.8 Å². The quantitative estimate of drug-likeness (QED) is 0.520. The van der Waals surface area contributed by atoms with E-state index in [1.54, 1.807) is 24.4 Å². The van der Waals surface area contributed by atoms with Gasteiger partial charge in [0.05, 0.1) is 5.57 Å². The Hall–Kier alpha value is -2.48. The van der Waals surface area contributed by atoms with E-state index in [2.05, 4.69) is 62.6 Å². The molecular formula is C23H25BrN4O2. The van der Waals surface area contributed by atoms with Crippen LogP contribution >= 0.6 is 15.9 Å². The molecule has 2 aliphatic rings. The zero-order chi connectivity index (χ0) is 21.3. The minimum absolute atomic E-state index is 0.373. The molecule has 1 unspecified atom stereocenters. The molecule has 2 heterocycles. The molecule has 1 fully saturated rings. The predicted molar refractivity (Wildman–Crippen MR) is 122 cm³/mol. The summed E-state index contributed by atoms with van der Waals surface area (Å²) in [6.07, 6.45) is 2.87. The highest BCUT2D eigenvalue weighted by atomic mass is 79.9. The highest BCUT2D eigenvalue weighted by Crippen LogP contribution is 2.27. The average molecular weight is 469 g/mol. The van der Waals surface area contributed by atoms with E-state index < -0.39 is 5.91 Å². The number of carbonyl (C=O) groups excluding carboxylic acids is 2. The number of nitrogens with zero attached hydrogens (tertiary/aromatic N) is 2. The first-order valence-electron chi connectivity index (χ1n) is 10.0. The first-order valence-corrected chi connectivity index (χ1v) is 10.8. The van der Waals surface area contributed by atoms with Crippen LogP contribution in [0, 0.1) is 0 Å². The summed E-state index contributed by atoms with van der Waals surface area (Å²) in [4.78, 5) is 29.2. The van der Waals surface area contributed by atoms with Gasteiger partial charge in [-0.05, 0) is 56.4 Å². The van der Waals surface area contributed by atoms with Crippen molar-refractivity contribution < 1.29 is 9.59 Å². The lowest BCUT2D eigenvalue weighted by atomic mass is 9.95. The maximum atomic E-state index is 12.4. The number of likely N-dealkylation sites (tertiary alicyclic amines) is 1. The highest BCUT2D eigenvalue weighted by molar-refractivity contribution is 9.10. The molecular weight excluding hydrogens is 444 g/mol. The highest BCUT2D eigenvalue weighted by Gasteiger charge is 2.27. The number of likely N-dealkylation sites (N-methyl/N-ethyl adjacent to an activating group) is 1. The van der Waals surface area contributed by atoms with Crippen LogP contribution in [0.2, 0.25) is 0 Å². The van der Waals surface area contributed by atoms with Crippen LogP contribution in [0.5, 0.6) is 0 Å². The van der Waals surface area contributed by atoms with Crippen LogP contribution in [0.25, 0.3) is 5.57 Å². The Balaban J connectivity index is 1.45. The normalized spacial score (nSPS) is 20.5. The third-order valence-corrected chi connectivity index (χ3v) is 6.20. The third kappa shape index (κ3) is 4.48. The molecule has 0 radical (unpaired) electrons. The summed E-state index contributed by atoms with van der Waals surface area (Å²) in [6.45, 7) is 3.16. The van der Waals surface area contributed by atoms with E-state index in [-0.39, 0.29) is 5.91 Å². The first kappa shape index (κ1) is 20.8. The van der Waals surface area contributed by atoms with E-state index >= 15 is 0 Å². The molecule has 0 saturated carbocycles. The molecule has 7 heteroatoms. The maximum absolute atomic E-state index is 12.4. The first-order chi connectivity index (χ1) is 14.4. The maximum Gasteiger partial charge on any atom is 0.260 e. The Morgan fingerprint density at radius 2 is 1.90 bits per heavy atom. The SMILES string of the molecule is CN(C)C1CCN(Cc2ccc(N/C=C3\C(=O)NC(=O)c4ccc(Br)cc43)cc2)C1. The van der Waals surface area contributed by atoms with Gasteiger partial charge < -0.3 is 10.2 Å². The Morgan fingerprint density at radius 1 is 1.13 bits per heavy atom. The number of imide groups is 1. The van der Waals surface area contributed by atoms with Gasteiger partial charge in [-0.2, -0.15) is 0 Å². The number of benzene rings is 2. The lowest BCUT2D eigenvalue weighted by Crippen LogP contribution is -2.36. The average Bonchev–Trinajstić information content (AvgIpc) is 3.17. The molecule has 0 aromatic heterocycles. The molecule has 1 saturated heterocycles. The van der Waals surface area contributed by atoms with Crippen LogP contribution in [0.3, 0.4) is 0 Å². The van der Waals surface area contributed by atoms with Crippen molar-refractivity contribution in [1.82, 2.24) is 15.1 Å². The molecule has 2 aromatic rings. The third-order valence-electron chi connectivity index (χ3n) is 5.71. The second kappa shape index (κ2) is 8.71. The fraction of sp³-hybridized carbons (Fsp3) is 0.304. The molecule has 0 spiro atoms. The topological polar surface area (TPSA) is 64.7 Å². The number of rotatable bonds is 5. The molecule has 2 aromatic carbocycles. The van der Waals surface area contributed by atoms with Crippen LogP contribution in [0.4, 0.5) is 5.69 Å². The van der Waals surface area contributed by atoms with Crippen molar-refractivity contribution in [3.8, 4) is 0 Å². The molecule has 2 amide bonds. The summed E-state index contributed by atoms with van der Waals surface area (Å²) in [6, 6.07) is 14.2. The number of carbonyl (C=O) groups is 2. The van der Waals surface area contributed by atoms with E-state index in [4.69, 9.17) is 0 Å². The van der Waals surface area contributed by atoms with Crippen LogP contribution in [-0.2, 0) is 11.3 Å². The number of nitrogens with one attached hydrogen (secondary N) is 2. The van der Waals surface area contributed by atoms with E-state index in [0.717, 1.165) is 29.8 Å². The number of hydrogen-bond acceptors (Lipinski definition) is 5. The van der Waals surface area contributed by atoms with Gasteiger partial charge in [0.15, 0.2) is 0 Å². The van der Waals surface area contributed by atoms with Crippen molar-refractivity contribution >= 4 is 39.0 Å². The Kier molecular flexibility index (Phi) is 6.04. The number of fused-ring (bicyclic) bond motifs is 1. The van der Waals surface area contributed by atoms with Crippen LogP contribution in [-0.4, -0.2) is 54.8 Å². The minimum atomic E-state index is -0.404. The summed E-state index contributed by atoms with van der Waals surface area (Å²) in [5.74, 6) is -0.776. The van der Waals surface area contributed by atoms with Gasteiger partial charge >= 0.3 is 0 Å². The molecule has 1 atom stereocenters. The zero-order valence-electron chi connectivity index (χ0n) is 17.1. The minimum Gasteiger partial charge on any atom is -0.361 e. The molecule has 2 aliphatic heterocycles. The van der Waals surface area contributed by atoms with E-state index in [1.807, 2.05) is 12.1 Å². The number of anilines is 1. The van der Waals surface area contributed by atoms with Crippen LogP contribution < -0.4 is 10.6 Å². The molecule has 0 aliphatic carbocycles. The second-order valence-electron chi connectivity index (χ2n) is 8.01. The molecule has 30 heavy (non-hydrogen) atoms. The van der Waals surface area contributed by atoms with E-state index in [0.29, 0.717) is 22.7 Å². The van der Waals surface area contributed by atoms with Crippen molar-refractivity contribution in [2.45, 2.75) is 19.0 Å². The van der Waals surface area contributed by atoms with Gasteiger partial charge in [0.1, 0.15) is 0 Å². The summed E-state index contributed by atoms with van der Waals surface area (Å²) in [5, 5.41) is 5.58. The van der Waals surface area contributed by atoms with Crippen molar-refractivity contribution in [3.63, 3.8) is 0 Å². The smallest absolute Gasteiger partial charge is 0.260 e. The Labute approximate surface area is 185 Å². The zero-order valence-corrected chi connectivity index (χ0v) is 18.7. The Bertz CT molecular complexity index is 1000. The van der Waals surface area contributed by atoms with Gasteiger partial charge in [-0.1, -0.05) is 28.1 Å². The molecule has 0 bridgehead atoms. The van der Waals surface area contributed by atoms with Crippen LogP contribution in [0.15, 0.2) is 53.1 Å². The van der Waals surface area contributed by atoms with Crippen molar-refractivity contribution in [2.75, 3.05) is 32.5 Å². The van der Waals surface area contributed by atoms with Gasteiger partial charge in [-0.3, -0.25) is 19.8 Å². The summed E-state index contributed by atoms with van der Waals surface area (Å²) in [7, 11) is 4.28. The predicted octanol–water partition coefficient (Wildman–Crippen LogP) is 3.31. The van der Waals surface area contributed by atoms with E-state index in [9.17, 15) is 9.59 Å². The molecule has 4 rings (SSSR count). The summed E-state index contributed by atoms with van der Waals surface area (Å²) in [5.41, 5.74) is 3.69. The van der Waals surface area contributed by atoms with Gasteiger partial charge in [-0.25, -0.2) is 0 Å². The fourth-order valence-corrected chi connectivity index (χ4v) is 4.30. The number of halogens is 1. The summed E-state index contributed by atoms with van der Waals surface area (Å²) < 4.78 is 0.817. The monoisotopic (exact) mass is 468 g/mol. The number of amides is 2. The largest absolute Gasteiger partial charge is 0.361 e. The van der Waals surface area contributed by atoms with Gasteiger partial charge in [0, 0.05) is 53.2 Å². The lowest BCUT2D eigenvalue weighted by molar-refractivity contribution is -0.114. The summed E-state index contributed by atoms with van der Waals surface area (Å²) >= 11 is 3.41. The Morgan fingerprint density at radius 3 is 2.60 bits per heavy atom. The van der Waals surface area contributed by atoms with Crippen molar-refractivity contribution in [2.24, 2.45) is 0 Å². The van der Waals surface area contributed by atoms with Gasteiger partial charge in [0.25, 0.3) is 11.8 Å².